The molecule has 1 saturated carbocycles. The molecule has 37 heavy (non-hydrogen) atoms. The lowest BCUT2D eigenvalue weighted by Gasteiger charge is -2.33. The van der Waals surface area contributed by atoms with Crippen LogP contribution in [0.4, 0.5) is 11.4 Å². The summed E-state index contributed by atoms with van der Waals surface area (Å²) in [6.07, 6.45) is 5.81. The highest BCUT2D eigenvalue weighted by Crippen LogP contribution is 2.25. The molecule has 3 rings (SSSR count). The molecule has 1 N–H and O–H groups in total. The van der Waals surface area contributed by atoms with Gasteiger partial charge in [0.15, 0.2) is 0 Å². The van der Waals surface area contributed by atoms with Crippen molar-refractivity contribution in [1.82, 2.24) is 10.2 Å². The third-order valence-electron chi connectivity index (χ3n) is 6.43. The lowest BCUT2D eigenvalue weighted by atomic mass is 9.95. The van der Waals surface area contributed by atoms with Crippen molar-refractivity contribution in [3.05, 3.63) is 69.2 Å². The number of nitrogens with one attached hydrogen (secondary N) is 1. The van der Waals surface area contributed by atoms with E-state index in [0.717, 1.165) is 48.7 Å². The maximum Gasteiger partial charge on any atom is 0.271 e. The van der Waals surface area contributed by atoms with Gasteiger partial charge in [-0.2, -0.15) is 0 Å². The van der Waals surface area contributed by atoms with Crippen LogP contribution in [-0.4, -0.2) is 54.9 Å². The largest absolute Gasteiger partial charge is 0.352 e. The van der Waals surface area contributed by atoms with Crippen LogP contribution in [0.5, 0.6) is 0 Å². The Morgan fingerprint density at radius 1 is 1.14 bits per heavy atom. The molecule has 0 heterocycles. The van der Waals surface area contributed by atoms with E-state index < -0.39 is 33.4 Å². The van der Waals surface area contributed by atoms with Crippen LogP contribution in [-0.2, 0) is 26.2 Å². The van der Waals surface area contributed by atoms with Crippen molar-refractivity contribution < 1.29 is 22.9 Å². The lowest BCUT2D eigenvalue weighted by Crippen LogP contribution is -2.53. The minimum atomic E-state index is -4.00. The Morgan fingerprint density at radius 3 is 2.43 bits per heavy atom. The third kappa shape index (κ3) is 7.65. The summed E-state index contributed by atoms with van der Waals surface area (Å²) in [5.41, 5.74) is 0.255. The number of non-ortho nitro benzene ring substituents is 1. The number of sulfonamides is 1. The second-order valence-electron chi connectivity index (χ2n) is 9.18. The Hall–Kier alpha value is -3.18. The fraction of sp³-hybridized carbons (Fsp3) is 0.440. The SMILES string of the molecule is CC(C(=O)NC1CCCCC1)N(Cc1ccccc1Cl)C(=O)CN(c1cccc([N+](=O)[O-])c1)S(C)(=O)=O. The van der Waals surface area contributed by atoms with Gasteiger partial charge in [-0.15, -0.1) is 0 Å². The average molecular weight is 551 g/mol. The molecule has 1 fully saturated rings. The van der Waals surface area contributed by atoms with Gasteiger partial charge in [-0.05, 0) is 37.5 Å². The molecular formula is C25H31ClN4O6S. The second kappa shape index (κ2) is 12.4. The number of carbonyl (C=O) groups is 2. The normalized spacial score (nSPS) is 15.0. The number of nitro groups is 1. The minimum Gasteiger partial charge on any atom is -0.352 e. The Bertz CT molecular complexity index is 1250. The fourth-order valence-electron chi connectivity index (χ4n) is 4.34. The van der Waals surface area contributed by atoms with E-state index in [1.807, 2.05) is 0 Å². The summed E-state index contributed by atoms with van der Waals surface area (Å²) in [7, 11) is -4.00. The quantitative estimate of drug-likeness (QED) is 0.353. The molecule has 1 aliphatic carbocycles. The number of nitro benzene ring substituents is 1. The van der Waals surface area contributed by atoms with E-state index in [-0.39, 0.29) is 29.9 Å². The van der Waals surface area contributed by atoms with Crippen LogP contribution in [0.1, 0.15) is 44.6 Å². The van der Waals surface area contributed by atoms with Gasteiger partial charge in [0.2, 0.25) is 21.8 Å². The number of carbonyl (C=O) groups excluding carboxylic acids is 2. The third-order valence-corrected chi connectivity index (χ3v) is 7.93. The second-order valence-corrected chi connectivity index (χ2v) is 11.5. The Kier molecular flexibility index (Phi) is 9.50. The summed E-state index contributed by atoms with van der Waals surface area (Å²) in [5.74, 6) is -0.989. The summed E-state index contributed by atoms with van der Waals surface area (Å²) in [5, 5.41) is 14.6. The molecule has 200 valence electrons. The van der Waals surface area contributed by atoms with Gasteiger partial charge in [0.1, 0.15) is 12.6 Å². The van der Waals surface area contributed by atoms with Crippen LogP contribution in [0.3, 0.4) is 0 Å². The predicted octanol–water partition coefficient (Wildman–Crippen LogP) is 3.88. The molecule has 10 nitrogen and oxygen atoms in total. The van der Waals surface area contributed by atoms with Crippen molar-refractivity contribution in [2.24, 2.45) is 0 Å². The van der Waals surface area contributed by atoms with Crippen molar-refractivity contribution in [3.63, 3.8) is 0 Å². The topological polar surface area (TPSA) is 130 Å². The number of rotatable bonds is 10. The number of hydrogen-bond donors (Lipinski definition) is 1. The molecule has 2 aromatic carbocycles. The molecule has 0 bridgehead atoms. The van der Waals surface area contributed by atoms with E-state index in [1.165, 1.54) is 23.1 Å². The number of halogens is 1. The van der Waals surface area contributed by atoms with Gasteiger partial charge in [0, 0.05) is 29.7 Å². The maximum absolute atomic E-state index is 13.6. The number of benzene rings is 2. The van der Waals surface area contributed by atoms with Gasteiger partial charge in [-0.3, -0.25) is 24.0 Å². The highest BCUT2D eigenvalue weighted by Gasteiger charge is 2.31. The van der Waals surface area contributed by atoms with Crippen molar-refractivity contribution in [2.75, 3.05) is 17.1 Å². The number of hydrogen-bond acceptors (Lipinski definition) is 6. The molecule has 2 amide bonds. The molecular weight excluding hydrogens is 520 g/mol. The van der Waals surface area contributed by atoms with E-state index in [9.17, 15) is 28.1 Å². The molecule has 0 aliphatic heterocycles. The van der Waals surface area contributed by atoms with Crippen LogP contribution < -0.4 is 9.62 Å². The number of nitrogens with zero attached hydrogens (tertiary/aromatic N) is 3. The Morgan fingerprint density at radius 2 is 1.81 bits per heavy atom. The fourth-order valence-corrected chi connectivity index (χ4v) is 5.37. The van der Waals surface area contributed by atoms with Crippen LogP contribution in [0.2, 0.25) is 5.02 Å². The van der Waals surface area contributed by atoms with Gasteiger partial charge in [0.25, 0.3) is 5.69 Å². The maximum atomic E-state index is 13.6. The van der Waals surface area contributed by atoms with Gasteiger partial charge in [-0.1, -0.05) is 55.1 Å². The monoisotopic (exact) mass is 550 g/mol. The Labute approximate surface area is 221 Å². The number of amides is 2. The van der Waals surface area contributed by atoms with Crippen molar-refractivity contribution in [1.29, 1.82) is 0 Å². The molecule has 12 heteroatoms. The van der Waals surface area contributed by atoms with Gasteiger partial charge in [0.05, 0.1) is 16.9 Å². The smallest absolute Gasteiger partial charge is 0.271 e. The summed E-state index contributed by atoms with van der Waals surface area (Å²) in [4.78, 5) is 38.6. The van der Waals surface area contributed by atoms with Crippen LogP contribution in [0.15, 0.2) is 48.5 Å². The lowest BCUT2D eigenvalue weighted by molar-refractivity contribution is -0.384. The zero-order valence-electron chi connectivity index (χ0n) is 20.8. The van der Waals surface area contributed by atoms with E-state index in [4.69, 9.17) is 11.6 Å². The van der Waals surface area contributed by atoms with E-state index >= 15 is 0 Å². The molecule has 0 saturated heterocycles. The molecule has 0 spiro atoms. The molecule has 1 aliphatic rings. The highest BCUT2D eigenvalue weighted by atomic mass is 35.5. The molecule has 1 unspecified atom stereocenters. The van der Waals surface area contributed by atoms with Crippen LogP contribution in [0.25, 0.3) is 0 Å². The summed E-state index contributed by atoms with van der Waals surface area (Å²) < 4.78 is 26.1. The molecule has 0 aromatic heterocycles. The molecule has 0 radical (unpaired) electrons. The summed E-state index contributed by atoms with van der Waals surface area (Å²) in [6.45, 7) is 0.918. The summed E-state index contributed by atoms with van der Waals surface area (Å²) in [6, 6.07) is 11.0. The van der Waals surface area contributed by atoms with Crippen LogP contribution in [0, 0.1) is 10.1 Å². The highest BCUT2D eigenvalue weighted by molar-refractivity contribution is 7.92. The zero-order valence-corrected chi connectivity index (χ0v) is 22.4. The molecule has 1 atom stereocenters. The van der Waals surface area contributed by atoms with Gasteiger partial charge >= 0.3 is 0 Å². The first-order chi connectivity index (χ1) is 17.5. The zero-order chi connectivity index (χ0) is 27.2. The van der Waals surface area contributed by atoms with Crippen molar-refractivity contribution >= 4 is 44.8 Å². The van der Waals surface area contributed by atoms with E-state index in [2.05, 4.69) is 5.32 Å². The predicted molar refractivity (Wildman–Crippen MR) is 142 cm³/mol. The van der Waals surface area contributed by atoms with E-state index in [0.29, 0.717) is 10.6 Å². The van der Waals surface area contributed by atoms with Gasteiger partial charge < -0.3 is 10.2 Å². The van der Waals surface area contributed by atoms with Crippen molar-refractivity contribution in [3.8, 4) is 0 Å². The standard InChI is InChI=1S/C25H31ClN4O6S/c1-18(25(32)27-20-10-4-3-5-11-20)28(16-19-9-6-7-14-23(19)26)24(31)17-29(37(2,35)36)21-12-8-13-22(15-21)30(33)34/h6-9,12-15,18,20H,3-5,10-11,16-17H2,1-2H3,(H,27,32). The van der Waals surface area contributed by atoms with Gasteiger partial charge in [-0.25, -0.2) is 8.42 Å². The Balaban J connectivity index is 1.91. The minimum absolute atomic E-state index is 0.0235. The van der Waals surface area contributed by atoms with Crippen molar-refractivity contribution in [2.45, 2.75) is 57.7 Å². The average Bonchev–Trinajstić information content (AvgIpc) is 2.86. The first-order valence-corrected chi connectivity index (χ1v) is 14.3. The number of anilines is 1. The summed E-state index contributed by atoms with van der Waals surface area (Å²) >= 11 is 6.33. The van der Waals surface area contributed by atoms with Crippen LogP contribution >= 0.6 is 11.6 Å². The first kappa shape index (κ1) is 28.4. The first-order valence-electron chi connectivity index (χ1n) is 12.0. The van der Waals surface area contributed by atoms with E-state index in [1.54, 1.807) is 31.2 Å². The molecule has 2 aromatic rings.